The van der Waals surface area contributed by atoms with E-state index in [1.807, 2.05) is 0 Å². The van der Waals surface area contributed by atoms with Gasteiger partial charge in [0.05, 0.1) is 18.8 Å². The van der Waals surface area contributed by atoms with E-state index in [-0.39, 0.29) is 12.0 Å². The maximum Gasteiger partial charge on any atom is 0.223 e. The summed E-state index contributed by atoms with van der Waals surface area (Å²) in [5.41, 5.74) is 2.55. The minimum absolute atomic E-state index is 0.244. The minimum Gasteiger partial charge on any atom is -0.374 e. The number of benzene rings is 1. The van der Waals surface area contributed by atoms with Crippen LogP contribution in [0, 0.1) is 5.92 Å². The highest BCUT2D eigenvalue weighted by Crippen LogP contribution is 2.36. The molecular weight excluding hydrogens is 336 g/mol. The van der Waals surface area contributed by atoms with Crippen molar-refractivity contribution in [2.45, 2.75) is 64.0 Å². The number of carbonyl (C=O) groups excluding carboxylic acids is 1. The number of amides is 1. The van der Waals surface area contributed by atoms with E-state index in [4.69, 9.17) is 4.74 Å². The number of fused-ring (bicyclic) bond motifs is 2. The first-order valence-corrected chi connectivity index (χ1v) is 10.5. The van der Waals surface area contributed by atoms with E-state index < -0.39 is 0 Å². The van der Waals surface area contributed by atoms with Crippen molar-refractivity contribution in [1.82, 2.24) is 9.47 Å². The van der Waals surface area contributed by atoms with Crippen LogP contribution in [0.15, 0.2) is 30.5 Å². The summed E-state index contributed by atoms with van der Waals surface area (Å²) in [5.74, 6) is 0.971. The molecule has 1 aliphatic carbocycles. The summed E-state index contributed by atoms with van der Waals surface area (Å²) in [6, 6.07) is 8.82. The first-order chi connectivity index (χ1) is 13.1. The molecule has 3 atom stereocenters. The summed E-state index contributed by atoms with van der Waals surface area (Å²) >= 11 is 0. The van der Waals surface area contributed by atoms with Gasteiger partial charge in [0.2, 0.25) is 5.91 Å². The number of morpholine rings is 1. The standard InChI is InChI=1S/C23H32N2O2/c1-16(2)18(19-15-24(3)20-9-5-4-8-17(19)20)14-23(26)25-12-13-27-22-11-7-6-10-21(22)25/h4-5,8-9,15-16,18,21-22H,6-7,10-14H2,1-3H3. The summed E-state index contributed by atoms with van der Waals surface area (Å²) < 4.78 is 8.15. The zero-order valence-corrected chi connectivity index (χ0v) is 16.9. The van der Waals surface area contributed by atoms with Gasteiger partial charge < -0.3 is 14.2 Å². The van der Waals surface area contributed by atoms with Crippen LogP contribution in [0.25, 0.3) is 10.9 Å². The molecule has 0 radical (unpaired) electrons. The molecule has 0 spiro atoms. The summed E-state index contributed by atoms with van der Waals surface area (Å²) in [6.07, 6.45) is 7.72. The lowest BCUT2D eigenvalue weighted by atomic mass is 9.84. The van der Waals surface area contributed by atoms with Crippen LogP contribution in [0.2, 0.25) is 0 Å². The van der Waals surface area contributed by atoms with Gasteiger partial charge in [-0.2, -0.15) is 0 Å². The van der Waals surface area contributed by atoms with Crippen molar-refractivity contribution in [2.24, 2.45) is 13.0 Å². The Hall–Kier alpha value is -1.81. The number of aryl methyl sites for hydroxylation is 1. The highest BCUT2D eigenvalue weighted by molar-refractivity contribution is 5.86. The van der Waals surface area contributed by atoms with Crippen LogP contribution >= 0.6 is 0 Å². The van der Waals surface area contributed by atoms with Gasteiger partial charge in [-0.15, -0.1) is 0 Å². The fourth-order valence-corrected chi connectivity index (χ4v) is 5.08. The third-order valence-corrected chi connectivity index (χ3v) is 6.58. The second kappa shape index (κ2) is 7.67. The Balaban J connectivity index is 1.59. The number of hydrogen-bond donors (Lipinski definition) is 0. The molecule has 1 saturated heterocycles. The van der Waals surface area contributed by atoms with Crippen LogP contribution in [-0.2, 0) is 16.6 Å². The van der Waals surface area contributed by atoms with Crippen LogP contribution in [0.5, 0.6) is 0 Å². The van der Waals surface area contributed by atoms with Crippen molar-refractivity contribution in [1.29, 1.82) is 0 Å². The average molecular weight is 369 g/mol. The summed E-state index contributed by atoms with van der Waals surface area (Å²) in [7, 11) is 2.10. The molecule has 0 N–H and O–H groups in total. The highest BCUT2D eigenvalue weighted by Gasteiger charge is 2.37. The Kier molecular flexibility index (Phi) is 5.27. The lowest BCUT2D eigenvalue weighted by Gasteiger charge is -2.44. The van der Waals surface area contributed by atoms with Gasteiger partial charge in [0, 0.05) is 37.1 Å². The molecule has 146 valence electrons. The minimum atomic E-state index is 0.244. The molecule has 4 rings (SSSR count). The summed E-state index contributed by atoms with van der Waals surface area (Å²) in [6.45, 7) is 5.92. The first-order valence-electron chi connectivity index (χ1n) is 10.5. The van der Waals surface area contributed by atoms with Gasteiger partial charge in [0.15, 0.2) is 0 Å². The number of para-hydroxylation sites is 1. The molecule has 4 heteroatoms. The molecule has 1 aromatic carbocycles. The van der Waals surface area contributed by atoms with Crippen molar-refractivity contribution in [3.05, 3.63) is 36.0 Å². The van der Waals surface area contributed by atoms with Gasteiger partial charge in [-0.3, -0.25) is 4.79 Å². The summed E-state index contributed by atoms with van der Waals surface area (Å²) in [5, 5.41) is 1.28. The largest absolute Gasteiger partial charge is 0.374 e. The molecule has 4 nitrogen and oxygen atoms in total. The van der Waals surface area contributed by atoms with Crippen LogP contribution in [0.3, 0.4) is 0 Å². The highest BCUT2D eigenvalue weighted by atomic mass is 16.5. The number of nitrogens with zero attached hydrogens (tertiary/aromatic N) is 2. The van der Waals surface area contributed by atoms with E-state index >= 15 is 0 Å². The van der Waals surface area contributed by atoms with Gasteiger partial charge in [-0.1, -0.05) is 44.9 Å². The van der Waals surface area contributed by atoms with Gasteiger partial charge >= 0.3 is 0 Å². The Labute approximate surface area is 162 Å². The number of ether oxygens (including phenoxy) is 1. The SMILES string of the molecule is CC(C)C(CC(=O)N1CCOC2CCCCC21)c1cn(C)c2ccccc12. The van der Waals surface area contributed by atoms with Gasteiger partial charge in [0.1, 0.15) is 0 Å². The fraction of sp³-hybridized carbons (Fsp3) is 0.609. The van der Waals surface area contributed by atoms with Crippen LogP contribution in [0.1, 0.15) is 57.4 Å². The normalized spacial score (nSPS) is 24.2. The predicted octanol–water partition coefficient (Wildman–Crippen LogP) is 4.48. The second-order valence-electron chi connectivity index (χ2n) is 8.62. The lowest BCUT2D eigenvalue weighted by Crippen LogP contribution is -2.55. The molecule has 3 unspecified atom stereocenters. The van der Waals surface area contributed by atoms with Crippen molar-refractivity contribution in [2.75, 3.05) is 13.2 Å². The Morgan fingerprint density at radius 3 is 2.81 bits per heavy atom. The quantitative estimate of drug-likeness (QED) is 0.797. The summed E-state index contributed by atoms with van der Waals surface area (Å²) in [4.78, 5) is 15.5. The Morgan fingerprint density at radius 1 is 1.22 bits per heavy atom. The van der Waals surface area contributed by atoms with E-state index in [1.54, 1.807) is 0 Å². The van der Waals surface area contributed by atoms with Crippen molar-refractivity contribution in [3.8, 4) is 0 Å². The smallest absolute Gasteiger partial charge is 0.223 e. The number of hydrogen-bond acceptors (Lipinski definition) is 2. The van der Waals surface area contributed by atoms with E-state index in [1.165, 1.54) is 29.3 Å². The topological polar surface area (TPSA) is 34.5 Å². The zero-order valence-electron chi connectivity index (χ0n) is 16.9. The van der Waals surface area contributed by atoms with Crippen molar-refractivity contribution in [3.63, 3.8) is 0 Å². The van der Waals surface area contributed by atoms with Crippen LogP contribution in [0.4, 0.5) is 0 Å². The van der Waals surface area contributed by atoms with E-state index in [0.29, 0.717) is 30.9 Å². The van der Waals surface area contributed by atoms with Crippen LogP contribution < -0.4 is 0 Å². The second-order valence-corrected chi connectivity index (χ2v) is 8.62. The number of rotatable bonds is 4. The van der Waals surface area contributed by atoms with E-state index in [0.717, 1.165) is 19.4 Å². The predicted molar refractivity (Wildman–Crippen MR) is 109 cm³/mol. The molecule has 2 aliphatic rings. The van der Waals surface area contributed by atoms with Gasteiger partial charge in [-0.25, -0.2) is 0 Å². The van der Waals surface area contributed by atoms with E-state index in [2.05, 4.69) is 60.8 Å². The molecule has 0 bridgehead atoms. The average Bonchev–Trinajstić information content (AvgIpc) is 3.02. The monoisotopic (exact) mass is 368 g/mol. The molecule has 1 aliphatic heterocycles. The maximum absolute atomic E-state index is 13.3. The van der Waals surface area contributed by atoms with Gasteiger partial charge in [0.25, 0.3) is 0 Å². The third kappa shape index (κ3) is 3.52. The fourth-order valence-electron chi connectivity index (χ4n) is 5.08. The number of carbonyl (C=O) groups is 1. The molecule has 1 aromatic heterocycles. The Bertz CT molecular complexity index is 808. The van der Waals surface area contributed by atoms with Gasteiger partial charge in [-0.05, 0) is 36.3 Å². The maximum atomic E-state index is 13.3. The molecular formula is C23H32N2O2. The molecule has 27 heavy (non-hydrogen) atoms. The number of aromatic nitrogens is 1. The van der Waals surface area contributed by atoms with Crippen molar-refractivity contribution < 1.29 is 9.53 Å². The lowest BCUT2D eigenvalue weighted by molar-refractivity contribution is -0.150. The molecule has 1 amide bonds. The first kappa shape index (κ1) is 18.5. The van der Waals surface area contributed by atoms with Crippen molar-refractivity contribution >= 4 is 16.8 Å². The van der Waals surface area contributed by atoms with E-state index in [9.17, 15) is 4.79 Å². The molecule has 2 fully saturated rings. The molecule has 1 saturated carbocycles. The third-order valence-electron chi connectivity index (χ3n) is 6.58. The zero-order chi connectivity index (χ0) is 19.0. The van der Waals surface area contributed by atoms with Crippen LogP contribution in [-0.4, -0.2) is 40.7 Å². The molecule has 2 aromatic rings. The Morgan fingerprint density at radius 2 is 2.00 bits per heavy atom. The molecule has 2 heterocycles.